The number of aromatic nitrogens is 1. The summed E-state index contributed by atoms with van der Waals surface area (Å²) in [6.45, 7) is 4.64. The molecule has 3 rings (SSSR count). The third kappa shape index (κ3) is 4.72. The number of ether oxygens (including phenoxy) is 3. The Balaban J connectivity index is 2.02. The molecule has 0 fully saturated rings. The number of aryl methyl sites for hydroxylation is 1. The molecule has 174 valence electrons. The van der Waals surface area contributed by atoms with Gasteiger partial charge in [-0.1, -0.05) is 25.1 Å². The van der Waals surface area contributed by atoms with Crippen molar-refractivity contribution in [3.8, 4) is 22.6 Å². The third-order valence-electron chi connectivity index (χ3n) is 5.88. The van der Waals surface area contributed by atoms with Crippen molar-refractivity contribution in [1.82, 2.24) is 4.57 Å². The van der Waals surface area contributed by atoms with Crippen molar-refractivity contribution in [2.75, 3.05) is 21.3 Å². The van der Waals surface area contributed by atoms with Gasteiger partial charge in [-0.2, -0.15) is 0 Å². The Labute approximate surface area is 194 Å². The second-order valence-corrected chi connectivity index (χ2v) is 7.66. The van der Waals surface area contributed by atoms with Gasteiger partial charge in [0.05, 0.1) is 32.5 Å². The second kappa shape index (κ2) is 10.3. The van der Waals surface area contributed by atoms with Gasteiger partial charge in [0, 0.05) is 23.5 Å². The van der Waals surface area contributed by atoms with Gasteiger partial charge >= 0.3 is 5.97 Å². The molecule has 7 heteroatoms. The summed E-state index contributed by atoms with van der Waals surface area (Å²) in [6.07, 6.45) is 1.45. The Morgan fingerprint density at radius 2 is 1.64 bits per heavy atom. The van der Waals surface area contributed by atoms with E-state index in [4.69, 9.17) is 19.9 Å². The average molecular weight is 451 g/mol. The fraction of sp³-hybridized carbons (Fsp3) is 0.308. The van der Waals surface area contributed by atoms with Crippen LogP contribution in [0.1, 0.15) is 44.6 Å². The Bertz CT molecular complexity index is 1160. The van der Waals surface area contributed by atoms with E-state index in [1.165, 1.54) is 7.11 Å². The maximum absolute atomic E-state index is 12.5. The molecule has 1 heterocycles. The van der Waals surface area contributed by atoms with Crippen LogP contribution in [-0.4, -0.2) is 37.8 Å². The monoisotopic (exact) mass is 450 g/mol. The number of primary amides is 1. The molecule has 1 amide bonds. The van der Waals surface area contributed by atoms with Gasteiger partial charge in [-0.15, -0.1) is 0 Å². The van der Waals surface area contributed by atoms with Crippen molar-refractivity contribution in [3.05, 3.63) is 70.5 Å². The lowest BCUT2D eigenvalue weighted by Gasteiger charge is -2.13. The summed E-state index contributed by atoms with van der Waals surface area (Å²) >= 11 is 0. The second-order valence-electron chi connectivity index (χ2n) is 7.66. The number of hydrogen-bond donors (Lipinski definition) is 1. The van der Waals surface area contributed by atoms with E-state index in [0.717, 1.165) is 34.5 Å². The van der Waals surface area contributed by atoms with Crippen LogP contribution >= 0.6 is 0 Å². The normalized spacial score (nSPS) is 10.7. The molecule has 0 saturated heterocycles. The first-order valence-electron chi connectivity index (χ1n) is 10.8. The van der Waals surface area contributed by atoms with E-state index >= 15 is 0 Å². The third-order valence-corrected chi connectivity index (χ3v) is 5.88. The number of amides is 1. The fourth-order valence-corrected chi connectivity index (χ4v) is 4.25. The summed E-state index contributed by atoms with van der Waals surface area (Å²) in [6, 6.07) is 12.9. The summed E-state index contributed by atoms with van der Waals surface area (Å²) in [5.74, 6) is 0.482. The van der Waals surface area contributed by atoms with Gasteiger partial charge < -0.3 is 24.5 Å². The molecule has 2 aromatic carbocycles. The van der Waals surface area contributed by atoms with Gasteiger partial charge in [0.2, 0.25) is 0 Å². The molecular formula is C26H30N2O5. The van der Waals surface area contributed by atoms with Gasteiger partial charge in [0.1, 0.15) is 0 Å². The molecule has 0 spiro atoms. The van der Waals surface area contributed by atoms with Crippen molar-refractivity contribution in [1.29, 1.82) is 0 Å². The van der Waals surface area contributed by atoms with Crippen molar-refractivity contribution in [2.45, 2.75) is 33.2 Å². The Kier molecular flexibility index (Phi) is 7.43. The number of rotatable bonds is 9. The molecule has 0 aliphatic carbocycles. The number of hydrogen-bond acceptors (Lipinski definition) is 5. The van der Waals surface area contributed by atoms with Crippen LogP contribution in [0.5, 0.6) is 11.5 Å². The molecule has 0 bridgehead atoms. The lowest BCUT2D eigenvalue weighted by Crippen LogP contribution is -2.14. The average Bonchev–Trinajstić information content (AvgIpc) is 3.13. The molecule has 3 aromatic rings. The quantitative estimate of drug-likeness (QED) is 0.494. The van der Waals surface area contributed by atoms with Crippen LogP contribution in [0.25, 0.3) is 11.1 Å². The highest BCUT2D eigenvalue weighted by Gasteiger charge is 2.24. The molecule has 0 saturated carbocycles. The minimum Gasteiger partial charge on any atom is -0.493 e. The number of nitrogens with two attached hydrogens (primary N) is 1. The van der Waals surface area contributed by atoms with Gasteiger partial charge in [-0.3, -0.25) is 4.79 Å². The van der Waals surface area contributed by atoms with E-state index in [-0.39, 0.29) is 0 Å². The number of carbonyl (C=O) groups excluding carboxylic acids is 2. The van der Waals surface area contributed by atoms with Gasteiger partial charge in [-0.25, -0.2) is 4.79 Å². The van der Waals surface area contributed by atoms with Crippen LogP contribution in [0, 0.1) is 6.92 Å². The molecular weight excluding hydrogens is 420 g/mol. The summed E-state index contributed by atoms with van der Waals surface area (Å²) in [5, 5.41) is 0. The molecule has 0 aliphatic heterocycles. The number of carbonyl (C=O) groups is 2. The first-order chi connectivity index (χ1) is 15.9. The Morgan fingerprint density at radius 1 is 0.970 bits per heavy atom. The predicted molar refractivity (Wildman–Crippen MR) is 127 cm³/mol. The van der Waals surface area contributed by atoms with E-state index in [0.29, 0.717) is 35.6 Å². The van der Waals surface area contributed by atoms with Crippen molar-refractivity contribution >= 4 is 11.9 Å². The SMILES string of the molecule is CCc1c(-c2ccc(C(=O)OC)cc2)c(C(N)=O)c(C)n1CCc1ccc(OC)c(OC)c1. The van der Waals surface area contributed by atoms with Crippen LogP contribution in [0.3, 0.4) is 0 Å². The highest BCUT2D eigenvalue weighted by atomic mass is 16.5. The van der Waals surface area contributed by atoms with E-state index in [1.54, 1.807) is 26.4 Å². The number of nitrogens with zero attached hydrogens (tertiary/aromatic N) is 1. The van der Waals surface area contributed by atoms with E-state index < -0.39 is 11.9 Å². The van der Waals surface area contributed by atoms with Crippen LogP contribution in [0.4, 0.5) is 0 Å². The summed E-state index contributed by atoms with van der Waals surface area (Å²) < 4.78 is 17.7. The van der Waals surface area contributed by atoms with Gasteiger partial charge in [-0.05, 0) is 55.2 Å². The lowest BCUT2D eigenvalue weighted by atomic mass is 9.98. The molecule has 0 aliphatic rings. The number of methoxy groups -OCH3 is 3. The van der Waals surface area contributed by atoms with E-state index in [9.17, 15) is 9.59 Å². The molecule has 0 unspecified atom stereocenters. The van der Waals surface area contributed by atoms with Crippen LogP contribution < -0.4 is 15.2 Å². The molecule has 1 aromatic heterocycles. The zero-order valence-electron chi connectivity index (χ0n) is 19.7. The van der Waals surface area contributed by atoms with Crippen LogP contribution in [0.2, 0.25) is 0 Å². The number of esters is 1. The van der Waals surface area contributed by atoms with Crippen molar-refractivity contribution in [2.24, 2.45) is 5.73 Å². The fourth-order valence-electron chi connectivity index (χ4n) is 4.25. The summed E-state index contributed by atoms with van der Waals surface area (Å²) in [7, 11) is 4.57. The first kappa shape index (κ1) is 23.9. The summed E-state index contributed by atoms with van der Waals surface area (Å²) in [5.41, 5.74) is 11.3. The number of benzene rings is 2. The van der Waals surface area contributed by atoms with E-state index in [1.807, 2.05) is 37.3 Å². The largest absolute Gasteiger partial charge is 0.493 e. The zero-order chi connectivity index (χ0) is 24.1. The standard InChI is InChI=1S/C26H30N2O5/c1-6-20-24(18-8-10-19(11-9-18)26(30)33-5)23(25(27)29)16(2)28(20)14-13-17-7-12-21(31-3)22(15-17)32-4/h7-12,15H,6,13-14H2,1-5H3,(H2,27,29). The van der Waals surface area contributed by atoms with Crippen molar-refractivity contribution < 1.29 is 23.8 Å². The van der Waals surface area contributed by atoms with E-state index in [2.05, 4.69) is 11.5 Å². The highest BCUT2D eigenvalue weighted by molar-refractivity contribution is 6.02. The minimum absolute atomic E-state index is 0.406. The summed E-state index contributed by atoms with van der Waals surface area (Å²) in [4.78, 5) is 24.3. The minimum atomic E-state index is -0.473. The topological polar surface area (TPSA) is 92.8 Å². The maximum atomic E-state index is 12.5. The maximum Gasteiger partial charge on any atom is 0.337 e. The molecule has 33 heavy (non-hydrogen) atoms. The van der Waals surface area contributed by atoms with Crippen molar-refractivity contribution in [3.63, 3.8) is 0 Å². The lowest BCUT2D eigenvalue weighted by molar-refractivity contribution is 0.0600. The van der Waals surface area contributed by atoms with Gasteiger partial charge in [0.15, 0.2) is 11.5 Å². The molecule has 0 radical (unpaired) electrons. The highest BCUT2D eigenvalue weighted by Crippen LogP contribution is 2.34. The van der Waals surface area contributed by atoms with Crippen LogP contribution in [-0.2, 0) is 24.1 Å². The molecule has 7 nitrogen and oxygen atoms in total. The zero-order valence-corrected chi connectivity index (χ0v) is 19.7. The first-order valence-corrected chi connectivity index (χ1v) is 10.8. The smallest absolute Gasteiger partial charge is 0.337 e. The predicted octanol–water partition coefficient (Wildman–Crippen LogP) is 4.17. The van der Waals surface area contributed by atoms with Crippen LogP contribution in [0.15, 0.2) is 42.5 Å². The Morgan fingerprint density at radius 3 is 2.18 bits per heavy atom. The Hall–Kier alpha value is -3.74. The molecule has 2 N–H and O–H groups in total. The van der Waals surface area contributed by atoms with Gasteiger partial charge in [0.25, 0.3) is 5.91 Å². The molecule has 0 atom stereocenters.